The number of phosphoric acid groups is 1. The molecule has 5 atom stereocenters. The zero-order chi connectivity index (χ0) is 18.3. The fourth-order valence-electron chi connectivity index (χ4n) is 2.21. The number of aromatic amines is 1. The average molecular weight is 364 g/mol. The third kappa shape index (κ3) is 3.34. The first-order chi connectivity index (χ1) is 11.0. The zero-order valence-corrected chi connectivity index (χ0v) is 12.6. The van der Waals surface area contributed by atoms with Gasteiger partial charge >= 0.3 is 13.5 Å². The molecule has 1 aliphatic rings. The Hall–Kier alpha value is -1.81. The molecule has 2 heterocycles. The molecule has 12 nitrogen and oxygen atoms in total. The molecule has 0 aromatic carbocycles. The molecular formula is C11H13N2O10P. The van der Waals surface area contributed by atoms with Crippen LogP contribution in [0.25, 0.3) is 0 Å². The topological polar surface area (TPSA) is 192 Å². The van der Waals surface area contributed by atoms with Crippen LogP contribution in [0.4, 0.5) is 0 Å². The van der Waals surface area contributed by atoms with Gasteiger partial charge in [-0.25, -0.2) is 9.36 Å². The van der Waals surface area contributed by atoms with Gasteiger partial charge in [0.1, 0.15) is 6.10 Å². The van der Waals surface area contributed by atoms with E-state index in [0.29, 0.717) is 4.57 Å². The highest BCUT2D eigenvalue weighted by Gasteiger charge is 2.59. The molecule has 1 saturated heterocycles. The summed E-state index contributed by atoms with van der Waals surface area (Å²) in [5, 5.41) is 30.1. The van der Waals surface area contributed by atoms with Crippen LogP contribution >= 0.6 is 7.82 Å². The normalized spacial score (nSPS) is 31.6. The van der Waals surface area contributed by atoms with Gasteiger partial charge in [0.25, 0.3) is 5.56 Å². The minimum Gasteiger partial charge on any atom is -0.384 e. The summed E-state index contributed by atoms with van der Waals surface area (Å²) in [5.74, 6) is 1.74. The molecule has 132 valence electrons. The summed E-state index contributed by atoms with van der Waals surface area (Å²) in [6.07, 6.45) is -2.05. The highest BCUT2D eigenvalue weighted by atomic mass is 31.2. The van der Waals surface area contributed by atoms with Crippen molar-refractivity contribution >= 4 is 7.82 Å². The average Bonchev–Trinajstić information content (AvgIpc) is 2.71. The number of aliphatic hydroxyl groups is 3. The van der Waals surface area contributed by atoms with E-state index in [9.17, 15) is 29.5 Å². The van der Waals surface area contributed by atoms with Crippen molar-refractivity contribution in [2.45, 2.75) is 30.3 Å². The Morgan fingerprint density at radius 1 is 1.50 bits per heavy atom. The van der Waals surface area contributed by atoms with Crippen LogP contribution in [0, 0.1) is 12.3 Å². The highest BCUT2D eigenvalue weighted by Crippen LogP contribution is 2.43. The van der Waals surface area contributed by atoms with Crippen LogP contribution in [0.2, 0.25) is 0 Å². The maximum Gasteiger partial charge on any atom is 0.472 e. The summed E-state index contributed by atoms with van der Waals surface area (Å²) in [6.45, 7) is 0. The van der Waals surface area contributed by atoms with Crippen LogP contribution in [-0.4, -0.2) is 58.8 Å². The van der Waals surface area contributed by atoms with Gasteiger partial charge < -0.3 is 29.8 Å². The summed E-state index contributed by atoms with van der Waals surface area (Å²) in [6, 6.07) is 0.919. The molecule has 13 heteroatoms. The quantitative estimate of drug-likeness (QED) is 0.178. The molecule has 0 saturated carbocycles. The van der Waals surface area contributed by atoms with Crippen LogP contribution in [0.3, 0.4) is 0 Å². The summed E-state index contributed by atoms with van der Waals surface area (Å²) < 4.78 is 20.5. The predicted octanol–water partition coefficient (Wildman–Crippen LogP) is -3.41. The summed E-state index contributed by atoms with van der Waals surface area (Å²) in [4.78, 5) is 42.1. The van der Waals surface area contributed by atoms with Crippen molar-refractivity contribution in [3.8, 4) is 12.3 Å². The zero-order valence-electron chi connectivity index (χ0n) is 11.7. The third-order valence-corrected chi connectivity index (χ3v) is 3.79. The predicted molar refractivity (Wildman–Crippen MR) is 74.2 cm³/mol. The Labute approximate surface area is 133 Å². The summed E-state index contributed by atoms with van der Waals surface area (Å²) in [5.41, 5.74) is -4.40. The van der Waals surface area contributed by atoms with E-state index >= 15 is 0 Å². The minimum atomic E-state index is -5.18. The minimum absolute atomic E-state index is 0.665. The molecule has 2 rings (SSSR count). The van der Waals surface area contributed by atoms with Gasteiger partial charge in [0.2, 0.25) is 0 Å². The molecule has 0 aliphatic carbocycles. The monoisotopic (exact) mass is 364 g/mol. The molecule has 1 aromatic heterocycles. The van der Waals surface area contributed by atoms with E-state index in [1.165, 1.54) is 0 Å². The van der Waals surface area contributed by atoms with Crippen molar-refractivity contribution in [3.05, 3.63) is 33.1 Å². The fraction of sp³-hybridized carbons (Fsp3) is 0.455. The first-order valence-electron chi connectivity index (χ1n) is 6.27. The van der Waals surface area contributed by atoms with E-state index in [0.717, 1.165) is 12.3 Å². The molecule has 1 unspecified atom stereocenters. The molecular weight excluding hydrogens is 351 g/mol. The van der Waals surface area contributed by atoms with Crippen molar-refractivity contribution < 1.29 is 38.9 Å². The Bertz CT molecular complexity index is 821. The van der Waals surface area contributed by atoms with Gasteiger partial charge in [-0.3, -0.25) is 18.9 Å². The van der Waals surface area contributed by atoms with Gasteiger partial charge in [-0.05, 0) is 0 Å². The second-order valence-corrected chi connectivity index (χ2v) is 6.06. The molecule has 0 amide bonds. The SMILES string of the molecule is C#C[C@@]1(O)[C@@H](C(O)OP(=O)(O)O)O[C@@H](n2ccc(=O)[nH]c2=O)[C@@H]1O. The summed E-state index contributed by atoms with van der Waals surface area (Å²) >= 11 is 0. The van der Waals surface area contributed by atoms with Crippen LogP contribution in [-0.2, 0) is 13.8 Å². The molecule has 0 bridgehead atoms. The van der Waals surface area contributed by atoms with Crippen molar-refractivity contribution in [1.82, 2.24) is 9.55 Å². The first-order valence-corrected chi connectivity index (χ1v) is 7.80. The Balaban J connectivity index is 2.42. The van der Waals surface area contributed by atoms with E-state index in [1.807, 2.05) is 4.98 Å². The number of hydrogen-bond donors (Lipinski definition) is 6. The second-order valence-electron chi connectivity index (χ2n) is 4.87. The van der Waals surface area contributed by atoms with E-state index < -0.39 is 49.4 Å². The number of nitrogens with zero attached hydrogens (tertiary/aromatic N) is 1. The molecule has 1 aromatic rings. The van der Waals surface area contributed by atoms with E-state index in [1.54, 1.807) is 5.92 Å². The number of aromatic nitrogens is 2. The first kappa shape index (κ1) is 18.5. The number of phosphoric ester groups is 1. The van der Waals surface area contributed by atoms with Gasteiger partial charge in [0, 0.05) is 12.3 Å². The molecule has 6 N–H and O–H groups in total. The van der Waals surface area contributed by atoms with Gasteiger partial charge in [0.05, 0.1) is 0 Å². The molecule has 1 aliphatic heterocycles. The van der Waals surface area contributed by atoms with Crippen LogP contribution < -0.4 is 11.2 Å². The number of hydrogen-bond acceptors (Lipinski definition) is 8. The van der Waals surface area contributed by atoms with E-state index in [4.69, 9.17) is 20.9 Å². The van der Waals surface area contributed by atoms with Crippen molar-refractivity contribution in [2.75, 3.05) is 0 Å². The lowest BCUT2D eigenvalue weighted by atomic mass is 9.92. The Kier molecular flexibility index (Phi) is 4.82. The molecule has 24 heavy (non-hydrogen) atoms. The van der Waals surface area contributed by atoms with Crippen molar-refractivity contribution in [3.63, 3.8) is 0 Å². The molecule has 0 radical (unpaired) electrons. The van der Waals surface area contributed by atoms with E-state index in [-0.39, 0.29) is 0 Å². The Morgan fingerprint density at radius 2 is 2.12 bits per heavy atom. The van der Waals surface area contributed by atoms with Gasteiger partial charge in [-0.1, -0.05) is 5.92 Å². The summed E-state index contributed by atoms with van der Waals surface area (Å²) in [7, 11) is -5.18. The van der Waals surface area contributed by atoms with Gasteiger partial charge in [-0.2, -0.15) is 0 Å². The Morgan fingerprint density at radius 3 is 2.62 bits per heavy atom. The standard InChI is InChI=1S/C11H13N2O10P/c1-2-11(18)6(15)8(13-4-3-5(14)12-10(13)17)22-7(11)9(16)23-24(19,20)21/h1,3-4,6-9,15-16,18H,(H,12,14,17)(H2,19,20,21)/t6-,7+,8+,9?,11-/m0/s1. The number of rotatable bonds is 4. The van der Waals surface area contributed by atoms with Crippen LogP contribution in [0.5, 0.6) is 0 Å². The fourth-order valence-corrected chi connectivity index (χ4v) is 2.60. The number of aliphatic hydroxyl groups excluding tert-OH is 2. The molecule has 1 fully saturated rings. The third-order valence-electron chi connectivity index (χ3n) is 3.30. The highest BCUT2D eigenvalue weighted by molar-refractivity contribution is 7.46. The smallest absolute Gasteiger partial charge is 0.384 e. The van der Waals surface area contributed by atoms with Gasteiger partial charge in [0.15, 0.2) is 24.2 Å². The number of H-pyrrole nitrogens is 1. The van der Waals surface area contributed by atoms with Crippen LogP contribution in [0.15, 0.2) is 21.9 Å². The lowest BCUT2D eigenvalue weighted by molar-refractivity contribution is -0.173. The maximum absolute atomic E-state index is 11.7. The largest absolute Gasteiger partial charge is 0.472 e. The second kappa shape index (κ2) is 6.25. The number of terminal acetylenes is 1. The number of ether oxygens (including phenoxy) is 1. The molecule has 0 spiro atoms. The lowest BCUT2D eigenvalue weighted by Crippen LogP contribution is -2.51. The van der Waals surface area contributed by atoms with Gasteiger partial charge in [-0.15, -0.1) is 6.42 Å². The van der Waals surface area contributed by atoms with Crippen molar-refractivity contribution in [1.29, 1.82) is 0 Å². The van der Waals surface area contributed by atoms with E-state index in [2.05, 4.69) is 4.52 Å². The lowest BCUT2D eigenvalue weighted by Gasteiger charge is -2.28. The van der Waals surface area contributed by atoms with Crippen LogP contribution in [0.1, 0.15) is 6.23 Å². The van der Waals surface area contributed by atoms with Crippen molar-refractivity contribution in [2.24, 2.45) is 0 Å². The maximum atomic E-state index is 11.7. The number of nitrogens with one attached hydrogen (secondary N) is 1.